The van der Waals surface area contributed by atoms with Gasteiger partial charge < -0.3 is 9.47 Å². The molecule has 3 nitrogen and oxygen atoms in total. The zero-order valence-electron chi connectivity index (χ0n) is 13.2. The monoisotopic (exact) mass is 352 g/mol. The van der Waals surface area contributed by atoms with Gasteiger partial charge in [-0.3, -0.25) is 0 Å². The van der Waals surface area contributed by atoms with E-state index in [0.29, 0.717) is 15.8 Å². The second kappa shape index (κ2) is 7.24. The van der Waals surface area contributed by atoms with E-state index < -0.39 is 11.6 Å². The van der Waals surface area contributed by atoms with Crippen molar-refractivity contribution >= 4 is 29.2 Å². The minimum absolute atomic E-state index is 0.167. The molecule has 0 amide bonds. The Balaban J connectivity index is 2.19. The van der Waals surface area contributed by atoms with Gasteiger partial charge in [-0.2, -0.15) is 0 Å². The Kier molecular flexibility index (Phi) is 5.55. The standard InChI is InChI=1S/C18H18Cl2O3/c1-18(2,3)23-17(21)11-22-16-9-8-14(20)10-15(16)12-4-6-13(19)7-5-12/h4-10H,11H2,1-3H3. The Bertz CT molecular complexity index is 688. The average molecular weight is 353 g/mol. The highest BCUT2D eigenvalue weighted by Gasteiger charge is 2.17. The normalized spacial score (nSPS) is 11.2. The van der Waals surface area contributed by atoms with Crippen molar-refractivity contribution in [3.8, 4) is 16.9 Å². The molecule has 5 heteroatoms. The van der Waals surface area contributed by atoms with Crippen LogP contribution in [0.4, 0.5) is 0 Å². The number of ether oxygens (including phenoxy) is 2. The number of esters is 1. The molecule has 0 saturated carbocycles. The summed E-state index contributed by atoms with van der Waals surface area (Å²) in [7, 11) is 0. The van der Waals surface area contributed by atoms with Gasteiger partial charge in [0.15, 0.2) is 6.61 Å². The van der Waals surface area contributed by atoms with Crippen molar-refractivity contribution in [3.05, 3.63) is 52.5 Å². The fraction of sp³-hybridized carbons (Fsp3) is 0.278. The van der Waals surface area contributed by atoms with Crippen LogP contribution in [-0.2, 0) is 9.53 Å². The second-order valence-electron chi connectivity index (χ2n) is 6.02. The largest absolute Gasteiger partial charge is 0.481 e. The van der Waals surface area contributed by atoms with E-state index in [-0.39, 0.29) is 6.61 Å². The minimum atomic E-state index is -0.542. The third kappa shape index (κ3) is 5.45. The maximum Gasteiger partial charge on any atom is 0.344 e. The molecule has 0 radical (unpaired) electrons. The van der Waals surface area contributed by atoms with Gasteiger partial charge in [-0.1, -0.05) is 35.3 Å². The number of carbonyl (C=O) groups excluding carboxylic acids is 1. The van der Waals surface area contributed by atoms with Gasteiger partial charge in [0, 0.05) is 15.6 Å². The first-order chi connectivity index (χ1) is 10.7. The smallest absolute Gasteiger partial charge is 0.344 e. The molecule has 0 N–H and O–H groups in total. The van der Waals surface area contributed by atoms with E-state index in [2.05, 4.69) is 0 Å². The van der Waals surface area contributed by atoms with Crippen LogP contribution in [0.25, 0.3) is 11.1 Å². The van der Waals surface area contributed by atoms with Gasteiger partial charge in [-0.25, -0.2) is 4.79 Å². The lowest BCUT2D eigenvalue weighted by molar-refractivity contribution is -0.157. The SMILES string of the molecule is CC(C)(C)OC(=O)COc1ccc(Cl)cc1-c1ccc(Cl)cc1. The van der Waals surface area contributed by atoms with Crippen molar-refractivity contribution in [2.24, 2.45) is 0 Å². The van der Waals surface area contributed by atoms with Crippen LogP contribution in [0.3, 0.4) is 0 Å². The minimum Gasteiger partial charge on any atom is -0.481 e. The summed E-state index contributed by atoms with van der Waals surface area (Å²) in [6, 6.07) is 12.5. The number of rotatable bonds is 4. The zero-order valence-corrected chi connectivity index (χ0v) is 14.7. The molecule has 0 aliphatic carbocycles. The first-order valence-electron chi connectivity index (χ1n) is 7.15. The number of hydrogen-bond acceptors (Lipinski definition) is 3. The van der Waals surface area contributed by atoms with Crippen molar-refractivity contribution in [3.63, 3.8) is 0 Å². The fourth-order valence-corrected chi connectivity index (χ4v) is 2.29. The summed E-state index contributed by atoms with van der Waals surface area (Å²) in [6.07, 6.45) is 0. The van der Waals surface area contributed by atoms with E-state index in [4.69, 9.17) is 32.7 Å². The third-order valence-electron chi connectivity index (χ3n) is 2.86. The molecule has 2 aromatic carbocycles. The van der Waals surface area contributed by atoms with E-state index in [0.717, 1.165) is 11.1 Å². The van der Waals surface area contributed by atoms with Crippen LogP contribution in [0.1, 0.15) is 20.8 Å². The lowest BCUT2D eigenvalue weighted by Gasteiger charge is -2.20. The average Bonchev–Trinajstić information content (AvgIpc) is 2.45. The summed E-state index contributed by atoms with van der Waals surface area (Å²) < 4.78 is 10.9. The number of hydrogen-bond donors (Lipinski definition) is 0. The number of carbonyl (C=O) groups is 1. The Morgan fingerprint density at radius 3 is 2.22 bits per heavy atom. The van der Waals surface area contributed by atoms with Gasteiger partial charge in [0.05, 0.1) is 0 Å². The molecule has 23 heavy (non-hydrogen) atoms. The molecule has 0 spiro atoms. The number of halogens is 2. The molecule has 0 fully saturated rings. The van der Waals surface area contributed by atoms with Gasteiger partial charge in [0.25, 0.3) is 0 Å². The zero-order chi connectivity index (χ0) is 17.0. The van der Waals surface area contributed by atoms with Gasteiger partial charge in [0.1, 0.15) is 11.4 Å². The van der Waals surface area contributed by atoms with Crippen LogP contribution in [-0.4, -0.2) is 18.2 Å². The van der Waals surface area contributed by atoms with Crippen LogP contribution < -0.4 is 4.74 Å². The van der Waals surface area contributed by atoms with Gasteiger partial charge in [0.2, 0.25) is 0 Å². The topological polar surface area (TPSA) is 35.5 Å². The predicted octanol–water partition coefficient (Wildman–Crippen LogP) is 5.38. The molecule has 0 aliphatic heterocycles. The molecule has 0 bridgehead atoms. The highest BCUT2D eigenvalue weighted by molar-refractivity contribution is 6.31. The molecular weight excluding hydrogens is 335 g/mol. The summed E-state index contributed by atoms with van der Waals surface area (Å²) in [5.74, 6) is 0.136. The highest BCUT2D eigenvalue weighted by Crippen LogP contribution is 2.33. The van der Waals surface area contributed by atoms with Gasteiger partial charge >= 0.3 is 5.97 Å². The maximum absolute atomic E-state index is 11.8. The first-order valence-corrected chi connectivity index (χ1v) is 7.90. The van der Waals surface area contributed by atoms with Crippen LogP contribution in [0.15, 0.2) is 42.5 Å². The second-order valence-corrected chi connectivity index (χ2v) is 6.90. The van der Waals surface area contributed by atoms with Crippen molar-refractivity contribution in [2.45, 2.75) is 26.4 Å². The first kappa shape index (κ1) is 17.6. The molecule has 0 aliphatic rings. The molecule has 0 atom stereocenters. The Labute approximate surface area is 146 Å². The van der Waals surface area contributed by atoms with Crippen molar-refractivity contribution in [2.75, 3.05) is 6.61 Å². The lowest BCUT2D eigenvalue weighted by atomic mass is 10.0. The van der Waals surface area contributed by atoms with Crippen molar-refractivity contribution in [1.29, 1.82) is 0 Å². The molecule has 0 saturated heterocycles. The van der Waals surface area contributed by atoms with E-state index in [1.54, 1.807) is 30.3 Å². The third-order valence-corrected chi connectivity index (χ3v) is 3.35. The van der Waals surface area contributed by atoms with Crippen molar-refractivity contribution < 1.29 is 14.3 Å². The Hall–Kier alpha value is -1.71. The van der Waals surface area contributed by atoms with Crippen LogP contribution >= 0.6 is 23.2 Å². The quantitative estimate of drug-likeness (QED) is 0.692. The highest BCUT2D eigenvalue weighted by atomic mass is 35.5. The summed E-state index contributed by atoms with van der Waals surface area (Å²) in [4.78, 5) is 11.8. The fourth-order valence-electron chi connectivity index (χ4n) is 1.99. The van der Waals surface area contributed by atoms with E-state index >= 15 is 0 Å². The van der Waals surface area contributed by atoms with Crippen LogP contribution in [0, 0.1) is 0 Å². The molecule has 2 aromatic rings. The molecule has 2 rings (SSSR count). The summed E-state index contributed by atoms with van der Waals surface area (Å²) in [6.45, 7) is 5.27. The molecule has 0 heterocycles. The molecular formula is C18H18Cl2O3. The van der Waals surface area contributed by atoms with E-state index in [1.807, 2.05) is 32.9 Å². The molecule has 0 unspecified atom stereocenters. The molecule has 122 valence electrons. The number of benzene rings is 2. The van der Waals surface area contributed by atoms with Gasteiger partial charge in [-0.15, -0.1) is 0 Å². The predicted molar refractivity (Wildman–Crippen MR) is 93.2 cm³/mol. The molecule has 0 aromatic heterocycles. The van der Waals surface area contributed by atoms with E-state index in [9.17, 15) is 4.79 Å². The summed E-state index contributed by atoms with van der Waals surface area (Å²) in [5, 5.41) is 1.23. The summed E-state index contributed by atoms with van der Waals surface area (Å²) in [5.41, 5.74) is 1.15. The lowest BCUT2D eigenvalue weighted by Crippen LogP contribution is -2.27. The maximum atomic E-state index is 11.8. The van der Waals surface area contributed by atoms with Crippen molar-refractivity contribution in [1.82, 2.24) is 0 Å². The summed E-state index contributed by atoms with van der Waals surface area (Å²) >= 11 is 12.0. The van der Waals surface area contributed by atoms with E-state index in [1.165, 1.54) is 0 Å². The Morgan fingerprint density at radius 2 is 1.61 bits per heavy atom. The Morgan fingerprint density at radius 1 is 1.00 bits per heavy atom. The van der Waals surface area contributed by atoms with Crippen LogP contribution in [0.5, 0.6) is 5.75 Å². The van der Waals surface area contributed by atoms with Crippen LogP contribution in [0.2, 0.25) is 10.0 Å². The van der Waals surface area contributed by atoms with Gasteiger partial charge in [-0.05, 0) is 56.7 Å².